The van der Waals surface area contributed by atoms with Crippen molar-refractivity contribution < 1.29 is 19.1 Å². The molecule has 1 aliphatic heterocycles. The molecule has 2 atom stereocenters. The highest BCUT2D eigenvalue weighted by Gasteiger charge is 2.44. The van der Waals surface area contributed by atoms with Crippen molar-refractivity contribution in [2.24, 2.45) is 0 Å². The Morgan fingerprint density at radius 2 is 1.84 bits per heavy atom. The minimum Gasteiger partial charge on any atom is -0.497 e. The topological polar surface area (TPSA) is 67.9 Å². The van der Waals surface area contributed by atoms with Gasteiger partial charge in [0.05, 0.1) is 25.7 Å². The molecule has 0 fully saturated rings. The highest BCUT2D eigenvalue weighted by Crippen LogP contribution is 2.44. The Labute approximate surface area is 185 Å². The van der Waals surface area contributed by atoms with E-state index in [2.05, 4.69) is 5.32 Å². The molecule has 0 radical (unpaired) electrons. The van der Waals surface area contributed by atoms with Crippen LogP contribution >= 0.6 is 11.3 Å². The van der Waals surface area contributed by atoms with Crippen LogP contribution in [0.5, 0.6) is 5.75 Å². The lowest BCUT2D eigenvalue weighted by Gasteiger charge is -2.41. The van der Waals surface area contributed by atoms with E-state index in [4.69, 9.17) is 9.47 Å². The number of nitrogens with one attached hydrogen (secondary N) is 1. The van der Waals surface area contributed by atoms with Crippen molar-refractivity contribution in [3.05, 3.63) is 82.0 Å². The first-order valence-electron chi connectivity index (χ1n) is 10.0. The van der Waals surface area contributed by atoms with Crippen LogP contribution in [-0.4, -0.2) is 44.1 Å². The summed E-state index contributed by atoms with van der Waals surface area (Å²) in [7, 11) is 3.21. The van der Waals surface area contributed by atoms with E-state index in [0.29, 0.717) is 30.2 Å². The Hall–Kier alpha value is -3.16. The second-order valence-electron chi connectivity index (χ2n) is 7.23. The number of fused-ring (bicyclic) bond motifs is 1. The number of thiophene rings is 1. The molecule has 2 aromatic carbocycles. The van der Waals surface area contributed by atoms with Crippen LogP contribution in [-0.2, 0) is 9.53 Å². The normalized spacial score (nSPS) is 17.9. The van der Waals surface area contributed by atoms with Gasteiger partial charge < -0.3 is 19.7 Å². The number of anilines is 1. The molecule has 3 aromatic rings. The Kier molecular flexibility index (Phi) is 6.34. The van der Waals surface area contributed by atoms with Crippen molar-refractivity contribution in [1.29, 1.82) is 0 Å². The van der Waals surface area contributed by atoms with E-state index in [-0.39, 0.29) is 11.8 Å². The van der Waals surface area contributed by atoms with E-state index in [1.807, 2.05) is 35.7 Å². The monoisotopic (exact) mass is 436 g/mol. The standard InChI is InChI=1S/C24H24N2O4S/c1-29-14-13-26-22(20-8-5-15-31-20)21(18-6-3-4-7-19(18)24(26)28)23(27)25-16-9-11-17(30-2)12-10-16/h3-12,15,21-22H,13-14H2,1-2H3,(H,25,27)/t21-,22-/m1/s1. The maximum absolute atomic E-state index is 13.6. The van der Waals surface area contributed by atoms with Gasteiger partial charge in [0, 0.05) is 29.8 Å². The molecule has 0 bridgehead atoms. The molecule has 4 rings (SSSR count). The first kappa shape index (κ1) is 21.1. The smallest absolute Gasteiger partial charge is 0.254 e. The molecule has 2 amide bonds. The molecule has 0 saturated heterocycles. The van der Waals surface area contributed by atoms with Gasteiger partial charge >= 0.3 is 0 Å². The first-order valence-corrected chi connectivity index (χ1v) is 10.9. The second-order valence-corrected chi connectivity index (χ2v) is 8.21. The summed E-state index contributed by atoms with van der Waals surface area (Å²) in [4.78, 5) is 29.7. The molecular weight excluding hydrogens is 412 g/mol. The molecule has 0 saturated carbocycles. The fourth-order valence-electron chi connectivity index (χ4n) is 3.98. The Morgan fingerprint density at radius 1 is 1.06 bits per heavy atom. The van der Waals surface area contributed by atoms with Crippen molar-refractivity contribution in [2.75, 3.05) is 32.7 Å². The maximum atomic E-state index is 13.6. The highest BCUT2D eigenvalue weighted by molar-refractivity contribution is 7.10. The quantitative estimate of drug-likeness (QED) is 0.599. The van der Waals surface area contributed by atoms with Gasteiger partial charge in [0.2, 0.25) is 5.91 Å². The summed E-state index contributed by atoms with van der Waals surface area (Å²) in [6.45, 7) is 0.793. The van der Waals surface area contributed by atoms with Gasteiger partial charge in [-0.25, -0.2) is 0 Å². The Morgan fingerprint density at radius 3 is 2.52 bits per heavy atom. The average molecular weight is 437 g/mol. The third kappa shape index (κ3) is 4.19. The van der Waals surface area contributed by atoms with Crippen molar-refractivity contribution in [2.45, 2.75) is 12.0 Å². The number of nitrogens with zero attached hydrogens (tertiary/aromatic N) is 1. The molecule has 0 aliphatic carbocycles. The summed E-state index contributed by atoms with van der Waals surface area (Å²) in [5.41, 5.74) is 1.97. The van der Waals surface area contributed by atoms with Gasteiger partial charge in [-0.3, -0.25) is 9.59 Å². The highest BCUT2D eigenvalue weighted by atomic mass is 32.1. The lowest BCUT2D eigenvalue weighted by Crippen LogP contribution is -2.47. The molecule has 31 heavy (non-hydrogen) atoms. The number of methoxy groups -OCH3 is 2. The van der Waals surface area contributed by atoms with Crippen molar-refractivity contribution in [1.82, 2.24) is 4.90 Å². The van der Waals surface area contributed by atoms with Gasteiger partial charge in [-0.2, -0.15) is 0 Å². The molecule has 0 spiro atoms. The zero-order valence-electron chi connectivity index (χ0n) is 17.4. The van der Waals surface area contributed by atoms with Crippen LogP contribution in [0.25, 0.3) is 0 Å². The summed E-state index contributed by atoms with van der Waals surface area (Å²) in [5.74, 6) is -0.0780. The maximum Gasteiger partial charge on any atom is 0.254 e. The molecule has 160 valence electrons. The van der Waals surface area contributed by atoms with E-state index >= 15 is 0 Å². The number of hydrogen-bond donors (Lipinski definition) is 1. The number of benzene rings is 2. The number of ether oxygens (including phenoxy) is 2. The van der Waals surface area contributed by atoms with Gasteiger partial charge in [0.15, 0.2) is 0 Å². The molecule has 2 heterocycles. The molecule has 0 unspecified atom stereocenters. The number of amides is 2. The molecular formula is C24H24N2O4S. The van der Waals surface area contributed by atoms with Gasteiger partial charge in [-0.15, -0.1) is 11.3 Å². The molecule has 7 heteroatoms. The van der Waals surface area contributed by atoms with E-state index < -0.39 is 12.0 Å². The summed E-state index contributed by atoms with van der Waals surface area (Å²) in [6, 6.07) is 18.1. The van der Waals surface area contributed by atoms with Crippen LogP contribution in [0.4, 0.5) is 5.69 Å². The second kappa shape index (κ2) is 9.32. The minimum atomic E-state index is -0.550. The fourth-order valence-corrected chi connectivity index (χ4v) is 4.85. The van der Waals surface area contributed by atoms with Gasteiger partial charge in [0.25, 0.3) is 5.91 Å². The minimum absolute atomic E-state index is 0.0838. The number of carbonyl (C=O) groups excluding carboxylic acids is 2. The number of carbonyl (C=O) groups is 2. The zero-order valence-corrected chi connectivity index (χ0v) is 18.2. The third-order valence-corrected chi connectivity index (χ3v) is 6.39. The molecule has 1 aromatic heterocycles. The summed E-state index contributed by atoms with van der Waals surface area (Å²) < 4.78 is 10.5. The summed E-state index contributed by atoms with van der Waals surface area (Å²) in [6.07, 6.45) is 0. The van der Waals surface area contributed by atoms with E-state index in [0.717, 1.165) is 10.4 Å². The lowest BCUT2D eigenvalue weighted by molar-refractivity contribution is -0.119. The number of hydrogen-bond acceptors (Lipinski definition) is 5. The van der Waals surface area contributed by atoms with Crippen LogP contribution in [0.15, 0.2) is 66.0 Å². The van der Waals surface area contributed by atoms with E-state index in [9.17, 15) is 9.59 Å². The van der Waals surface area contributed by atoms with Crippen LogP contribution in [0.2, 0.25) is 0 Å². The Bertz CT molecular complexity index is 1050. The van der Waals surface area contributed by atoms with E-state index in [1.165, 1.54) is 0 Å². The SMILES string of the molecule is COCCN1C(=O)c2ccccc2[C@@H](C(=O)Nc2ccc(OC)cc2)[C@H]1c1cccs1. The summed E-state index contributed by atoms with van der Waals surface area (Å²) >= 11 is 1.54. The molecule has 1 aliphatic rings. The fraction of sp³-hybridized carbons (Fsp3) is 0.250. The van der Waals surface area contributed by atoms with Gasteiger partial charge in [0.1, 0.15) is 5.75 Å². The van der Waals surface area contributed by atoms with E-state index in [1.54, 1.807) is 60.8 Å². The van der Waals surface area contributed by atoms with Gasteiger partial charge in [-0.05, 0) is 47.3 Å². The lowest BCUT2D eigenvalue weighted by atomic mass is 9.81. The largest absolute Gasteiger partial charge is 0.497 e. The first-order chi connectivity index (χ1) is 15.1. The predicted molar refractivity (Wildman–Crippen MR) is 121 cm³/mol. The van der Waals surface area contributed by atoms with Crippen LogP contribution in [0.1, 0.15) is 32.8 Å². The zero-order chi connectivity index (χ0) is 21.8. The average Bonchev–Trinajstić information content (AvgIpc) is 3.33. The molecule has 6 nitrogen and oxygen atoms in total. The molecule has 1 N–H and O–H groups in total. The van der Waals surface area contributed by atoms with Gasteiger partial charge in [-0.1, -0.05) is 24.3 Å². The van der Waals surface area contributed by atoms with Crippen LogP contribution < -0.4 is 10.1 Å². The number of rotatable bonds is 7. The van der Waals surface area contributed by atoms with Crippen LogP contribution in [0.3, 0.4) is 0 Å². The van der Waals surface area contributed by atoms with Crippen LogP contribution in [0, 0.1) is 0 Å². The Balaban J connectivity index is 1.76. The summed E-state index contributed by atoms with van der Waals surface area (Å²) in [5, 5.41) is 4.99. The predicted octanol–water partition coefficient (Wildman–Crippen LogP) is 4.32. The third-order valence-electron chi connectivity index (χ3n) is 5.45. The van der Waals surface area contributed by atoms with Crippen molar-refractivity contribution in [3.8, 4) is 5.75 Å². The van der Waals surface area contributed by atoms with Crippen molar-refractivity contribution >= 4 is 28.8 Å². The van der Waals surface area contributed by atoms with Crippen molar-refractivity contribution in [3.63, 3.8) is 0 Å².